The highest BCUT2D eigenvalue weighted by atomic mass is 35.5. The van der Waals surface area contributed by atoms with E-state index in [9.17, 15) is 9.50 Å². The first-order valence-electron chi connectivity index (χ1n) is 5.96. The van der Waals surface area contributed by atoms with Crippen molar-refractivity contribution in [3.05, 3.63) is 63.4 Å². The summed E-state index contributed by atoms with van der Waals surface area (Å²) < 4.78 is 18.9. The molecule has 0 aromatic heterocycles. The maximum Gasteiger partial charge on any atom is 0.129 e. The smallest absolute Gasteiger partial charge is 0.129 e. The Kier molecular flexibility index (Phi) is 4.86. The molecule has 0 radical (unpaired) electrons. The molecular weight excluding hydrogens is 302 g/mol. The summed E-state index contributed by atoms with van der Waals surface area (Å²) in [7, 11) is 1.53. The third-order valence-corrected chi connectivity index (χ3v) is 3.44. The van der Waals surface area contributed by atoms with Crippen molar-refractivity contribution in [3.8, 4) is 5.75 Å². The van der Waals surface area contributed by atoms with Crippen LogP contribution in [-0.2, 0) is 6.42 Å². The Balaban J connectivity index is 2.29. The van der Waals surface area contributed by atoms with E-state index >= 15 is 0 Å². The second-order valence-electron chi connectivity index (χ2n) is 4.34. The first-order chi connectivity index (χ1) is 9.51. The summed E-state index contributed by atoms with van der Waals surface area (Å²) in [5.74, 6) is 0.0961. The highest BCUT2D eigenvalue weighted by Gasteiger charge is 2.16. The topological polar surface area (TPSA) is 29.5 Å². The maximum atomic E-state index is 13.7. The minimum atomic E-state index is -1.03. The van der Waals surface area contributed by atoms with Crippen LogP contribution in [0.3, 0.4) is 0 Å². The lowest BCUT2D eigenvalue weighted by Gasteiger charge is -2.15. The van der Waals surface area contributed by atoms with Gasteiger partial charge < -0.3 is 9.84 Å². The van der Waals surface area contributed by atoms with E-state index in [-0.39, 0.29) is 12.0 Å². The molecule has 106 valence electrons. The molecule has 0 aliphatic carbocycles. The molecular formula is C15H13Cl2FO2. The maximum absolute atomic E-state index is 13.7. The van der Waals surface area contributed by atoms with E-state index in [0.717, 1.165) is 0 Å². The molecule has 0 aliphatic rings. The van der Waals surface area contributed by atoms with Crippen LogP contribution in [0.15, 0.2) is 36.4 Å². The third kappa shape index (κ3) is 3.42. The van der Waals surface area contributed by atoms with Crippen molar-refractivity contribution in [3.63, 3.8) is 0 Å². The minimum Gasteiger partial charge on any atom is -0.496 e. The average Bonchev–Trinajstić information content (AvgIpc) is 2.41. The zero-order valence-corrected chi connectivity index (χ0v) is 12.2. The fourth-order valence-electron chi connectivity index (χ4n) is 1.99. The van der Waals surface area contributed by atoms with E-state index in [4.69, 9.17) is 27.9 Å². The van der Waals surface area contributed by atoms with Crippen LogP contribution in [0.25, 0.3) is 0 Å². The molecule has 0 saturated heterocycles. The van der Waals surface area contributed by atoms with Gasteiger partial charge in [-0.05, 0) is 42.0 Å². The van der Waals surface area contributed by atoms with Gasteiger partial charge in [-0.15, -0.1) is 0 Å². The number of ether oxygens (including phenoxy) is 1. The molecule has 2 aromatic rings. The SMILES string of the molecule is COc1ccc(Cl)cc1CC(O)c1cc(Cl)ccc1F. The van der Waals surface area contributed by atoms with Gasteiger partial charge in [0.2, 0.25) is 0 Å². The standard InChI is InChI=1S/C15H13Cl2FO2/c1-20-15-5-3-10(16)6-9(15)7-14(19)12-8-11(17)2-4-13(12)18/h2-6,8,14,19H,7H2,1H3. The molecule has 0 fully saturated rings. The van der Waals surface area contributed by atoms with Crippen LogP contribution in [0.5, 0.6) is 5.75 Å². The Labute approximate surface area is 126 Å². The largest absolute Gasteiger partial charge is 0.496 e. The Bertz CT molecular complexity index is 617. The van der Waals surface area contributed by atoms with Gasteiger partial charge in [0.1, 0.15) is 11.6 Å². The van der Waals surface area contributed by atoms with Gasteiger partial charge in [0, 0.05) is 22.0 Å². The number of aliphatic hydroxyl groups excluding tert-OH is 1. The molecule has 1 atom stereocenters. The van der Waals surface area contributed by atoms with E-state index in [1.54, 1.807) is 18.2 Å². The van der Waals surface area contributed by atoms with Gasteiger partial charge in [-0.3, -0.25) is 0 Å². The number of hydrogen-bond donors (Lipinski definition) is 1. The number of halogens is 3. The summed E-state index contributed by atoms with van der Waals surface area (Å²) in [5.41, 5.74) is 0.853. The first kappa shape index (κ1) is 15.1. The molecule has 1 unspecified atom stereocenters. The molecule has 0 amide bonds. The number of methoxy groups -OCH3 is 1. The van der Waals surface area contributed by atoms with Crippen LogP contribution in [-0.4, -0.2) is 12.2 Å². The zero-order valence-electron chi connectivity index (χ0n) is 10.7. The molecule has 0 saturated carbocycles. The molecule has 5 heteroatoms. The Morgan fingerprint density at radius 3 is 2.50 bits per heavy atom. The molecule has 0 spiro atoms. The summed E-state index contributed by atoms with van der Waals surface area (Å²) in [6.45, 7) is 0. The Morgan fingerprint density at radius 2 is 1.80 bits per heavy atom. The summed E-state index contributed by atoms with van der Waals surface area (Å²) in [5, 5.41) is 11.1. The number of rotatable bonds is 4. The van der Waals surface area contributed by atoms with Crippen molar-refractivity contribution in [2.45, 2.75) is 12.5 Å². The summed E-state index contributed by atoms with van der Waals surface area (Å²) >= 11 is 11.8. The number of hydrogen-bond acceptors (Lipinski definition) is 2. The molecule has 0 bridgehead atoms. The third-order valence-electron chi connectivity index (χ3n) is 2.97. The lowest BCUT2D eigenvalue weighted by molar-refractivity contribution is 0.172. The normalized spacial score (nSPS) is 12.2. The number of aliphatic hydroxyl groups is 1. The molecule has 20 heavy (non-hydrogen) atoms. The van der Waals surface area contributed by atoms with Crippen molar-refractivity contribution in [2.75, 3.05) is 7.11 Å². The average molecular weight is 315 g/mol. The molecule has 2 aromatic carbocycles. The van der Waals surface area contributed by atoms with Gasteiger partial charge in [-0.1, -0.05) is 23.2 Å². The van der Waals surface area contributed by atoms with E-state index in [1.807, 2.05) is 0 Å². The molecule has 0 aliphatic heterocycles. The van der Waals surface area contributed by atoms with Gasteiger partial charge in [0.25, 0.3) is 0 Å². The molecule has 1 N–H and O–H groups in total. The van der Waals surface area contributed by atoms with Crippen molar-refractivity contribution < 1.29 is 14.2 Å². The minimum absolute atomic E-state index is 0.152. The summed E-state index contributed by atoms with van der Waals surface area (Å²) in [6.07, 6.45) is -0.845. The Morgan fingerprint density at radius 1 is 1.15 bits per heavy atom. The monoisotopic (exact) mass is 314 g/mol. The van der Waals surface area contributed by atoms with Gasteiger partial charge in [0.05, 0.1) is 13.2 Å². The highest BCUT2D eigenvalue weighted by Crippen LogP contribution is 2.29. The fraction of sp³-hybridized carbons (Fsp3) is 0.200. The van der Waals surface area contributed by atoms with Gasteiger partial charge in [0.15, 0.2) is 0 Å². The van der Waals surface area contributed by atoms with Crippen LogP contribution in [0, 0.1) is 5.82 Å². The van der Waals surface area contributed by atoms with Crippen LogP contribution in [0.2, 0.25) is 10.0 Å². The number of benzene rings is 2. The quantitative estimate of drug-likeness (QED) is 0.905. The highest BCUT2D eigenvalue weighted by molar-refractivity contribution is 6.31. The van der Waals surface area contributed by atoms with Gasteiger partial charge >= 0.3 is 0 Å². The van der Waals surface area contributed by atoms with Crippen molar-refractivity contribution in [2.24, 2.45) is 0 Å². The van der Waals surface area contributed by atoms with Gasteiger partial charge in [-0.25, -0.2) is 4.39 Å². The van der Waals surface area contributed by atoms with Crippen LogP contribution >= 0.6 is 23.2 Å². The zero-order chi connectivity index (χ0) is 14.7. The van der Waals surface area contributed by atoms with E-state index in [0.29, 0.717) is 21.4 Å². The van der Waals surface area contributed by atoms with Gasteiger partial charge in [-0.2, -0.15) is 0 Å². The lowest BCUT2D eigenvalue weighted by atomic mass is 10.0. The first-order valence-corrected chi connectivity index (χ1v) is 6.72. The summed E-state index contributed by atoms with van der Waals surface area (Å²) in [4.78, 5) is 0. The van der Waals surface area contributed by atoms with Crippen molar-refractivity contribution in [1.82, 2.24) is 0 Å². The Hall–Kier alpha value is -1.29. The molecule has 2 nitrogen and oxygen atoms in total. The second kappa shape index (κ2) is 6.44. The summed E-state index contributed by atoms with van der Waals surface area (Å²) in [6, 6.07) is 9.17. The van der Waals surface area contributed by atoms with Crippen molar-refractivity contribution >= 4 is 23.2 Å². The van der Waals surface area contributed by atoms with Crippen molar-refractivity contribution in [1.29, 1.82) is 0 Å². The lowest BCUT2D eigenvalue weighted by Crippen LogP contribution is -2.05. The van der Waals surface area contributed by atoms with E-state index in [1.165, 1.54) is 25.3 Å². The molecule has 2 rings (SSSR count). The molecule has 0 heterocycles. The van der Waals surface area contributed by atoms with Crippen LogP contribution in [0.1, 0.15) is 17.2 Å². The predicted octanol–water partition coefficient (Wildman–Crippen LogP) is 4.42. The second-order valence-corrected chi connectivity index (χ2v) is 5.21. The van der Waals surface area contributed by atoms with E-state index in [2.05, 4.69) is 0 Å². The fourth-order valence-corrected chi connectivity index (χ4v) is 2.37. The predicted molar refractivity (Wildman–Crippen MR) is 78.1 cm³/mol. The van der Waals surface area contributed by atoms with E-state index < -0.39 is 11.9 Å². The van der Waals surface area contributed by atoms with Crippen LogP contribution < -0.4 is 4.74 Å². The van der Waals surface area contributed by atoms with Crippen LogP contribution in [0.4, 0.5) is 4.39 Å².